The van der Waals surface area contributed by atoms with Crippen LogP contribution in [0.2, 0.25) is 0 Å². The van der Waals surface area contributed by atoms with E-state index in [4.69, 9.17) is 0 Å². The van der Waals surface area contributed by atoms with Crippen LogP contribution in [0.4, 0.5) is 0 Å². The molecule has 0 bridgehead atoms. The summed E-state index contributed by atoms with van der Waals surface area (Å²) in [6.07, 6.45) is 6.79. The molecule has 0 saturated heterocycles. The van der Waals surface area contributed by atoms with E-state index in [0.717, 1.165) is 22.3 Å². The molecular formula is C14H17BrN4O. The van der Waals surface area contributed by atoms with Crippen molar-refractivity contribution in [3.05, 3.63) is 39.9 Å². The largest absolute Gasteiger partial charge is 0.288 e. The van der Waals surface area contributed by atoms with Crippen molar-refractivity contribution in [2.75, 3.05) is 0 Å². The van der Waals surface area contributed by atoms with Gasteiger partial charge in [0, 0.05) is 24.3 Å². The maximum atomic E-state index is 12.3. The molecule has 0 N–H and O–H groups in total. The number of carbonyl (C=O) groups excluding carboxylic acids is 1. The first kappa shape index (κ1) is 14.7. The summed E-state index contributed by atoms with van der Waals surface area (Å²) in [5.41, 5.74) is 2.59. The van der Waals surface area contributed by atoms with Gasteiger partial charge in [-0.3, -0.25) is 14.2 Å². The van der Waals surface area contributed by atoms with E-state index in [1.807, 2.05) is 25.5 Å². The van der Waals surface area contributed by atoms with Crippen molar-refractivity contribution >= 4 is 27.8 Å². The third-order valence-electron chi connectivity index (χ3n) is 3.18. The molecule has 2 rings (SSSR count). The van der Waals surface area contributed by atoms with Crippen molar-refractivity contribution in [3.63, 3.8) is 0 Å². The lowest BCUT2D eigenvalue weighted by Gasteiger charge is -2.01. The van der Waals surface area contributed by atoms with Gasteiger partial charge < -0.3 is 0 Å². The molecule has 0 radical (unpaired) electrons. The topological polar surface area (TPSA) is 52.7 Å². The quantitative estimate of drug-likeness (QED) is 0.622. The molecule has 0 aliphatic rings. The smallest absolute Gasteiger partial charge is 0.205 e. The van der Waals surface area contributed by atoms with Gasteiger partial charge in [0.05, 0.1) is 16.9 Å². The van der Waals surface area contributed by atoms with Crippen LogP contribution in [0.5, 0.6) is 0 Å². The summed E-state index contributed by atoms with van der Waals surface area (Å²) >= 11 is 3.36. The Hall–Kier alpha value is -1.69. The molecule has 0 aromatic carbocycles. The predicted octanol–water partition coefficient (Wildman–Crippen LogP) is 3.09. The van der Waals surface area contributed by atoms with Crippen molar-refractivity contribution in [1.82, 2.24) is 19.6 Å². The van der Waals surface area contributed by atoms with Crippen LogP contribution in [0.25, 0.3) is 6.08 Å². The normalized spacial score (nSPS) is 11.4. The summed E-state index contributed by atoms with van der Waals surface area (Å²) in [6, 6.07) is 0. The highest BCUT2D eigenvalue weighted by molar-refractivity contribution is 9.10. The summed E-state index contributed by atoms with van der Waals surface area (Å²) in [5, 5.41) is 8.40. The van der Waals surface area contributed by atoms with E-state index in [0.29, 0.717) is 12.2 Å². The average Bonchev–Trinajstić information content (AvgIpc) is 2.99. The van der Waals surface area contributed by atoms with Gasteiger partial charge >= 0.3 is 0 Å². The second-order valence-electron chi connectivity index (χ2n) is 4.36. The first-order valence-electron chi connectivity index (χ1n) is 6.54. The van der Waals surface area contributed by atoms with Gasteiger partial charge in [-0.25, -0.2) is 0 Å². The molecule has 0 saturated carbocycles. The summed E-state index contributed by atoms with van der Waals surface area (Å²) < 4.78 is 4.30. The minimum atomic E-state index is -0.0696. The number of aromatic nitrogens is 4. The average molecular weight is 337 g/mol. The minimum Gasteiger partial charge on any atom is -0.288 e. The maximum absolute atomic E-state index is 12.3. The summed E-state index contributed by atoms with van der Waals surface area (Å²) in [7, 11) is 0. The number of nitrogens with zero attached hydrogens (tertiary/aromatic N) is 4. The molecule has 0 fully saturated rings. The van der Waals surface area contributed by atoms with Gasteiger partial charge in [0.15, 0.2) is 0 Å². The molecule has 0 aliphatic heterocycles. The molecule has 2 heterocycles. The zero-order valence-corrected chi connectivity index (χ0v) is 13.4. The van der Waals surface area contributed by atoms with Crippen LogP contribution in [-0.4, -0.2) is 25.3 Å². The molecule has 0 atom stereocenters. The highest BCUT2D eigenvalue weighted by Gasteiger charge is 2.14. The lowest BCUT2D eigenvalue weighted by Crippen LogP contribution is -2.07. The first-order valence-corrected chi connectivity index (χ1v) is 7.33. The monoisotopic (exact) mass is 336 g/mol. The Kier molecular flexibility index (Phi) is 4.54. The Balaban J connectivity index is 2.24. The molecule has 2 aromatic rings. The molecule has 0 amide bonds. The standard InChI is InChI=1S/C14H17BrN4O/c1-4-18-10(3)11(8-16-18)6-7-13(20)14-12(15)9-17-19(14)5-2/h6-9H,4-5H2,1-3H3/b7-6+. The van der Waals surface area contributed by atoms with Crippen LogP contribution >= 0.6 is 15.9 Å². The van der Waals surface area contributed by atoms with Crippen molar-refractivity contribution < 1.29 is 4.79 Å². The number of carbonyl (C=O) groups is 1. The van der Waals surface area contributed by atoms with Crippen molar-refractivity contribution in [2.24, 2.45) is 0 Å². The molecule has 20 heavy (non-hydrogen) atoms. The van der Waals surface area contributed by atoms with Gasteiger partial charge in [-0.2, -0.15) is 10.2 Å². The highest BCUT2D eigenvalue weighted by Crippen LogP contribution is 2.18. The molecular weight excluding hydrogens is 320 g/mol. The molecule has 5 nitrogen and oxygen atoms in total. The number of hydrogen-bond donors (Lipinski definition) is 0. The number of rotatable bonds is 5. The lowest BCUT2D eigenvalue weighted by molar-refractivity contribution is 0.103. The molecule has 0 spiro atoms. The third-order valence-corrected chi connectivity index (χ3v) is 3.76. The van der Waals surface area contributed by atoms with Gasteiger partial charge in [-0.05, 0) is 48.9 Å². The maximum Gasteiger partial charge on any atom is 0.205 e. The molecule has 6 heteroatoms. The van der Waals surface area contributed by atoms with E-state index in [1.54, 1.807) is 29.2 Å². The summed E-state index contributed by atoms with van der Waals surface area (Å²) in [4.78, 5) is 12.3. The number of allylic oxidation sites excluding steroid dienone is 1. The van der Waals surface area contributed by atoms with Gasteiger partial charge in [0.25, 0.3) is 0 Å². The molecule has 106 valence electrons. The zero-order valence-electron chi connectivity index (χ0n) is 11.8. The molecule has 2 aromatic heterocycles. The fourth-order valence-electron chi connectivity index (χ4n) is 2.03. The van der Waals surface area contributed by atoms with E-state index in [1.165, 1.54) is 0 Å². The van der Waals surface area contributed by atoms with Gasteiger partial charge in [-0.15, -0.1) is 0 Å². The minimum absolute atomic E-state index is 0.0696. The van der Waals surface area contributed by atoms with Crippen molar-refractivity contribution in [3.8, 4) is 0 Å². The highest BCUT2D eigenvalue weighted by atomic mass is 79.9. The van der Waals surface area contributed by atoms with Crippen LogP contribution in [-0.2, 0) is 13.1 Å². The second-order valence-corrected chi connectivity index (χ2v) is 5.21. The van der Waals surface area contributed by atoms with Gasteiger partial charge in [0.2, 0.25) is 5.78 Å². The van der Waals surface area contributed by atoms with E-state index < -0.39 is 0 Å². The van der Waals surface area contributed by atoms with Crippen LogP contribution in [0, 0.1) is 6.92 Å². The fraction of sp³-hybridized carbons (Fsp3) is 0.357. The van der Waals surface area contributed by atoms with E-state index >= 15 is 0 Å². The van der Waals surface area contributed by atoms with Crippen LogP contribution in [0.15, 0.2) is 22.9 Å². The van der Waals surface area contributed by atoms with Crippen molar-refractivity contribution in [1.29, 1.82) is 0 Å². The number of halogens is 1. The Morgan fingerprint density at radius 2 is 1.90 bits per heavy atom. The second kappa shape index (κ2) is 6.17. The number of aryl methyl sites for hydroxylation is 2. The Bertz CT molecular complexity index is 654. The van der Waals surface area contributed by atoms with Crippen molar-refractivity contribution in [2.45, 2.75) is 33.9 Å². The summed E-state index contributed by atoms with van der Waals surface area (Å²) in [5.74, 6) is -0.0696. The predicted molar refractivity (Wildman–Crippen MR) is 81.6 cm³/mol. The van der Waals surface area contributed by atoms with Gasteiger partial charge in [0.1, 0.15) is 5.69 Å². The van der Waals surface area contributed by atoms with Crippen LogP contribution < -0.4 is 0 Å². The van der Waals surface area contributed by atoms with Crippen LogP contribution in [0.3, 0.4) is 0 Å². The Morgan fingerprint density at radius 3 is 2.50 bits per heavy atom. The lowest BCUT2D eigenvalue weighted by atomic mass is 10.2. The zero-order chi connectivity index (χ0) is 14.7. The summed E-state index contributed by atoms with van der Waals surface area (Å²) in [6.45, 7) is 7.47. The number of ketones is 1. The molecule has 0 unspecified atom stereocenters. The Morgan fingerprint density at radius 1 is 1.25 bits per heavy atom. The third kappa shape index (κ3) is 2.75. The number of hydrogen-bond acceptors (Lipinski definition) is 3. The molecule has 0 aliphatic carbocycles. The fourth-order valence-corrected chi connectivity index (χ4v) is 2.53. The van der Waals surface area contributed by atoms with Crippen LogP contribution in [0.1, 0.15) is 35.6 Å². The van der Waals surface area contributed by atoms with E-state index in [9.17, 15) is 4.79 Å². The van der Waals surface area contributed by atoms with E-state index in [-0.39, 0.29) is 5.78 Å². The SMILES string of the molecule is CCn1ncc(/C=C/C(=O)c2c(Br)cnn2CC)c1C. The Labute approximate surface area is 126 Å². The van der Waals surface area contributed by atoms with E-state index in [2.05, 4.69) is 26.1 Å². The first-order chi connectivity index (χ1) is 9.58. The van der Waals surface area contributed by atoms with Gasteiger partial charge in [-0.1, -0.05) is 0 Å².